The molecule has 4 atom stereocenters. The number of benzene rings is 1. The summed E-state index contributed by atoms with van der Waals surface area (Å²) >= 11 is 0. The van der Waals surface area contributed by atoms with Gasteiger partial charge in [0.1, 0.15) is 12.2 Å². The average molecular weight is 416 g/mol. The van der Waals surface area contributed by atoms with Crippen LogP contribution in [0.3, 0.4) is 0 Å². The second-order valence-corrected chi connectivity index (χ2v) is 7.88. The van der Waals surface area contributed by atoms with Crippen LogP contribution in [0.5, 0.6) is 0 Å². The Morgan fingerprint density at radius 3 is 2.38 bits per heavy atom. The van der Waals surface area contributed by atoms with Gasteiger partial charge in [0, 0.05) is 12.1 Å². The highest BCUT2D eigenvalue weighted by Gasteiger charge is 2.46. The first kappa shape index (κ1) is 22.0. The number of hydrogen-bond donors (Lipinski definition) is 3. The normalized spacial score (nSPS) is 29.2. The zero-order valence-electron chi connectivity index (χ0n) is 16.2. The molecule has 4 unspecified atom stereocenters. The standard InChI is InChI=1S/C20H27F3N2O4/c1-12-6-8-25(9-7-12)17-15(29-16(11-26)18(17)27)10-24-19(28)13-2-4-14(5-3-13)20(21,22)23/h2-5,12,15-18,26-27H,6-11H2,1H3,(H,24,28). The Hall–Kier alpha value is -1.68. The summed E-state index contributed by atoms with van der Waals surface area (Å²) in [4.78, 5) is 14.5. The van der Waals surface area contributed by atoms with Crippen molar-refractivity contribution in [2.24, 2.45) is 5.92 Å². The van der Waals surface area contributed by atoms with Gasteiger partial charge in [0.2, 0.25) is 0 Å². The van der Waals surface area contributed by atoms with Crippen LogP contribution in [0, 0.1) is 5.92 Å². The molecular weight excluding hydrogens is 389 g/mol. The zero-order valence-corrected chi connectivity index (χ0v) is 16.2. The van der Waals surface area contributed by atoms with E-state index in [1.165, 1.54) is 0 Å². The maximum Gasteiger partial charge on any atom is 0.416 e. The number of nitrogens with one attached hydrogen (secondary N) is 1. The van der Waals surface area contributed by atoms with Gasteiger partial charge in [-0.25, -0.2) is 0 Å². The number of ether oxygens (including phenoxy) is 1. The Balaban J connectivity index is 1.63. The maximum absolute atomic E-state index is 12.7. The number of aliphatic hydroxyl groups is 2. The fourth-order valence-corrected chi connectivity index (χ4v) is 4.03. The number of likely N-dealkylation sites (tertiary alicyclic amines) is 1. The molecule has 1 aromatic carbocycles. The SMILES string of the molecule is CC1CCN(C2C(CNC(=O)c3ccc(C(F)(F)F)cc3)OC(CO)C2O)CC1. The van der Waals surface area contributed by atoms with Crippen molar-refractivity contribution in [2.45, 2.75) is 50.3 Å². The van der Waals surface area contributed by atoms with E-state index < -0.39 is 36.0 Å². The van der Waals surface area contributed by atoms with Gasteiger partial charge in [0.25, 0.3) is 5.91 Å². The molecule has 29 heavy (non-hydrogen) atoms. The van der Waals surface area contributed by atoms with Crippen molar-refractivity contribution in [1.82, 2.24) is 10.2 Å². The molecule has 2 aliphatic rings. The summed E-state index contributed by atoms with van der Waals surface area (Å²) in [5.74, 6) is 0.0902. The monoisotopic (exact) mass is 416 g/mol. The van der Waals surface area contributed by atoms with Crippen molar-refractivity contribution < 1.29 is 32.9 Å². The van der Waals surface area contributed by atoms with E-state index in [0.29, 0.717) is 5.92 Å². The molecule has 0 aliphatic carbocycles. The molecule has 162 valence electrons. The largest absolute Gasteiger partial charge is 0.416 e. The summed E-state index contributed by atoms with van der Waals surface area (Å²) in [6.07, 6.45) is -4.58. The van der Waals surface area contributed by atoms with Crippen LogP contribution in [0.4, 0.5) is 13.2 Å². The van der Waals surface area contributed by atoms with Crippen LogP contribution < -0.4 is 5.32 Å². The molecule has 1 amide bonds. The molecule has 3 rings (SSSR count). The van der Waals surface area contributed by atoms with Crippen LogP contribution >= 0.6 is 0 Å². The topological polar surface area (TPSA) is 82.0 Å². The molecule has 0 spiro atoms. The minimum Gasteiger partial charge on any atom is -0.394 e. The zero-order chi connectivity index (χ0) is 21.2. The van der Waals surface area contributed by atoms with Crippen molar-refractivity contribution in [3.63, 3.8) is 0 Å². The van der Waals surface area contributed by atoms with E-state index in [-0.39, 0.29) is 24.8 Å². The van der Waals surface area contributed by atoms with E-state index in [9.17, 15) is 28.2 Å². The predicted molar refractivity (Wildman–Crippen MR) is 99.3 cm³/mol. The highest BCUT2D eigenvalue weighted by atomic mass is 19.4. The molecule has 6 nitrogen and oxygen atoms in total. The van der Waals surface area contributed by atoms with E-state index in [2.05, 4.69) is 17.1 Å². The Morgan fingerprint density at radius 2 is 1.83 bits per heavy atom. The lowest BCUT2D eigenvalue weighted by molar-refractivity contribution is -0.137. The average Bonchev–Trinajstić information content (AvgIpc) is 3.01. The fourth-order valence-electron chi connectivity index (χ4n) is 4.03. The molecule has 2 heterocycles. The lowest BCUT2D eigenvalue weighted by Crippen LogP contribution is -2.53. The van der Waals surface area contributed by atoms with Gasteiger partial charge in [-0.05, 0) is 56.1 Å². The molecular formula is C20H27F3N2O4. The van der Waals surface area contributed by atoms with Crippen LogP contribution in [0.15, 0.2) is 24.3 Å². The number of rotatable bonds is 5. The van der Waals surface area contributed by atoms with Gasteiger partial charge < -0.3 is 20.3 Å². The van der Waals surface area contributed by atoms with Crippen LogP contribution in [0.1, 0.15) is 35.7 Å². The van der Waals surface area contributed by atoms with Crippen LogP contribution in [-0.2, 0) is 10.9 Å². The third kappa shape index (κ3) is 5.09. The number of hydrogen-bond acceptors (Lipinski definition) is 5. The molecule has 0 bridgehead atoms. The van der Waals surface area contributed by atoms with E-state index in [1.807, 2.05) is 0 Å². The van der Waals surface area contributed by atoms with E-state index in [1.54, 1.807) is 0 Å². The van der Waals surface area contributed by atoms with Crippen molar-refractivity contribution in [3.8, 4) is 0 Å². The second kappa shape index (κ2) is 8.99. The van der Waals surface area contributed by atoms with E-state index in [0.717, 1.165) is 50.2 Å². The third-order valence-electron chi connectivity index (χ3n) is 5.82. The Labute approximate surface area is 167 Å². The highest BCUT2D eigenvalue weighted by molar-refractivity contribution is 5.94. The van der Waals surface area contributed by atoms with Gasteiger partial charge in [-0.3, -0.25) is 9.69 Å². The first-order chi connectivity index (χ1) is 13.7. The van der Waals surface area contributed by atoms with Crippen LogP contribution in [0.25, 0.3) is 0 Å². The van der Waals surface area contributed by atoms with Crippen LogP contribution in [0.2, 0.25) is 0 Å². The lowest BCUT2D eigenvalue weighted by atomic mass is 9.94. The molecule has 2 aliphatic heterocycles. The first-order valence-electron chi connectivity index (χ1n) is 9.84. The summed E-state index contributed by atoms with van der Waals surface area (Å²) in [6, 6.07) is 3.63. The van der Waals surface area contributed by atoms with Crippen LogP contribution in [-0.4, -0.2) is 71.6 Å². The van der Waals surface area contributed by atoms with Gasteiger partial charge in [-0.15, -0.1) is 0 Å². The number of nitrogens with zero attached hydrogens (tertiary/aromatic N) is 1. The molecule has 2 fully saturated rings. The summed E-state index contributed by atoms with van der Waals surface area (Å²) in [6.45, 7) is 3.54. The summed E-state index contributed by atoms with van der Waals surface area (Å²) in [5.41, 5.74) is -0.708. The number of alkyl halides is 3. The number of halogens is 3. The van der Waals surface area contributed by atoms with Gasteiger partial charge in [0.15, 0.2) is 0 Å². The molecule has 9 heteroatoms. The van der Waals surface area contributed by atoms with Gasteiger partial charge >= 0.3 is 6.18 Å². The van der Waals surface area contributed by atoms with Crippen molar-refractivity contribution in [2.75, 3.05) is 26.2 Å². The van der Waals surface area contributed by atoms with Crippen molar-refractivity contribution >= 4 is 5.91 Å². The lowest BCUT2D eigenvalue weighted by Gasteiger charge is -2.38. The molecule has 3 N–H and O–H groups in total. The third-order valence-corrected chi connectivity index (χ3v) is 5.82. The maximum atomic E-state index is 12.7. The molecule has 0 radical (unpaired) electrons. The Bertz CT molecular complexity index is 690. The number of carbonyl (C=O) groups is 1. The van der Waals surface area contributed by atoms with E-state index in [4.69, 9.17) is 4.74 Å². The summed E-state index contributed by atoms with van der Waals surface area (Å²) in [5, 5.41) is 22.7. The highest BCUT2D eigenvalue weighted by Crippen LogP contribution is 2.30. The minimum absolute atomic E-state index is 0.0874. The molecule has 0 saturated carbocycles. The van der Waals surface area contributed by atoms with Gasteiger partial charge in [-0.1, -0.05) is 6.92 Å². The van der Waals surface area contributed by atoms with Crippen molar-refractivity contribution in [3.05, 3.63) is 35.4 Å². The van der Waals surface area contributed by atoms with Gasteiger partial charge in [-0.2, -0.15) is 13.2 Å². The van der Waals surface area contributed by atoms with E-state index >= 15 is 0 Å². The minimum atomic E-state index is -4.46. The van der Waals surface area contributed by atoms with Gasteiger partial charge in [0.05, 0.1) is 24.3 Å². The number of carbonyl (C=O) groups excluding carboxylic acids is 1. The molecule has 0 aromatic heterocycles. The number of amides is 1. The number of piperidine rings is 1. The Kier molecular flexibility index (Phi) is 6.83. The molecule has 1 aromatic rings. The fraction of sp³-hybridized carbons (Fsp3) is 0.650. The smallest absolute Gasteiger partial charge is 0.394 e. The second-order valence-electron chi connectivity index (χ2n) is 7.88. The number of aliphatic hydroxyl groups excluding tert-OH is 2. The summed E-state index contributed by atoms with van der Waals surface area (Å²) < 4.78 is 43.7. The first-order valence-corrected chi connectivity index (χ1v) is 9.84. The molecule has 2 saturated heterocycles. The Morgan fingerprint density at radius 1 is 1.21 bits per heavy atom. The summed E-state index contributed by atoms with van der Waals surface area (Å²) in [7, 11) is 0. The van der Waals surface area contributed by atoms with Crippen molar-refractivity contribution in [1.29, 1.82) is 0 Å². The predicted octanol–water partition coefficient (Wildman–Crippen LogP) is 1.66. The quantitative estimate of drug-likeness (QED) is 0.680.